The number of rotatable bonds is 4. The highest BCUT2D eigenvalue weighted by atomic mass is 16.2. The van der Waals surface area contributed by atoms with Gasteiger partial charge in [-0.15, -0.1) is 0 Å². The van der Waals surface area contributed by atoms with Gasteiger partial charge in [-0.05, 0) is 42.8 Å². The molecule has 0 aliphatic heterocycles. The fourth-order valence-electron chi connectivity index (χ4n) is 3.40. The van der Waals surface area contributed by atoms with Crippen LogP contribution in [0.2, 0.25) is 0 Å². The Labute approximate surface area is 163 Å². The van der Waals surface area contributed by atoms with E-state index >= 15 is 0 Å². The van der Waals surface area contributed by atoms with Crippen LogP contribution >= 0.6 is 0 Å². The molecular formula is C24H20N2O2. The Hall–Kier alpha value is -3.66. The maximum absolute atomic E-state index is 13.4. The van der Waals surface area contributed by atoms with Gasteiger partial charge in [-0.2, -0.15) is 0 Å². The number of carbonyl (C=O) groups excluding carboxylic acids is 1. The number of benzene rings is 3. The number of aryl methyl sites for hydroxylation is 1. The normalized spacial score (nSPS) is 10.8. The zero-order valence-electron chi connectivity index (χ0n) is 15.6. The lowest BCUT2D eigenvalue weighted by Gasteiger charge is -2.24. The smallest absolute Gasteiger partial charge is 0.258 e. The van der Waals surface area contributed by atoms with Gasteiger partial charge in [0.05, 0.1) is 6.54 Å². The van der Waals surface area contributed by atoms with E-state index in [0.717, 1.165) is 27.7 Å². The van der Waals surface area contributed by atoms with Crippen molar-refractivity contribution in [3.63, 3.8) is 0 Å². The number of para-hydroxylation sites is 2. The lowest BCUT2D eigenvalue weighted by molar-refractivity contribution is 0.0985. The summed E-state index contributed by atoms with van der Waals surface area (Å²) in [6, 6.07) is 26.3. The van der Waals surface area contributed by atoms with Gasteiger partial charge in [0, 0.05) is 28.2 Å². The van der Waals surface area contributed by atoms with Crippen LogP contribution in [-0.2, 0) is 6.54 Å². The molecule has 0 atom stereocenters. The van der Waals surface area contributed by atoms with Crippen molar-refractivity contribution in [2.75, 3.05) is 4.90 Å². The number of amides is 1. The van der Waals surface area contributed by atoms with Gasteiger partial charge in [0.15, 0.2) is 0 Å². The van der Waals surface area contributed by atoms with Gasteiger partial charge in [0.25, 0.3) is 5.91 Å². The van der Waals surface area contributed by atoms with Crippen LogP contribution in [0.25, 0.3) is 10.9 Å². The van der Waals surface area contributed by atoms with Gasteiger partial charge < -0.3 is 9.88 Å². The topological polar surface area (TPSA) is 53.2 Å². The van der Waals surface area contributed by atoms with Crippen molar-refractivity contribution in [3.05, 3.63) is 112 Å². The second-order valence-corrected chi connectivity index (χ2v) is 6.80. The first kappa shape index (κ1) is 17.7. The number of nitrogens with zero attached hydrogens (tertiary/aromatic N) is 1. The van der Waals surface area contributed by atoms with Gasteiger partial charge in [-0.1, -0.05) is 54.1 Å². The monoisotopic (exact) mass is 368 g/mol. The summed E-state index contributed by atoms with van der Waals surface area (Å²) in [6.07, 6.45) is 0. The van der Waals surface area contributed by atoms with E-state index in [1.165, 1.54) is 0 Å². The summed E-state index contributed by atoms with van der Waals surface area (Å²) in [7, 11) is 0. The van der Waals surface area contributed by atoms with E-state index in [-0.39, 0.29) is 11.5 Å². The van der Waals surface area contributed by atoms with Crippen molar-refractivity contribution in [1.29, 1.82) is 0 Å². The van der Waals surface area contributed by atoms with Crippen molar-refractivity contribution in [2.45, 2.75) is 13.5 Å². The third-order valence-electron chi connectivity index (χ3n) is 4.74. The van der Waals surface area contributed by atoms with E-state index in [9.17, 15) is 9.59 Å². The zero-order chi connectivity index (χ0) is 19.5. The molecule has 0 unspecified atom stereocenters. The van der Waals surface area contributed by atoms with Crippen LogP contribution in [0.3, 0.4) is 0 Å². The SMILES string of the molecule is Cc1cccc(C(=O)N(Cc2cc(=O)[nH]c3ccccc23)c2ccccc2)c1. The fraction of sp³-hybridized carbons (Fsp3) is 0.0833. The molecular weight excluding hydrogens is 348 g/mol. The van der Waals surface area contributed by atoms with Gasteiger partial charge in [-0.25, -0.2) is 0 Å². The Balaban J connectivity index is 1.82. The van der Waals surface area contributed by atoms with Crippen molar-refractivity contribution in [1.82, 2.24) is 4.98 Å². The molecule has 138 valence electrons. The van der Waals surface area contributed by atoms with Gasteiger partial charge in [0.1, 0.15) is 0 Å². The maximum Gasteiger partial charge on any atom is 0.258 e. The summed E-state index contributed by atoms with van der Waals surface area (Å²) < 4.78 is 0. The molecule has 3 aromatic carbocycles. The molecule has 1 aromatic heterocycles. The van der Waals surface area contributed by atoms with Gasteiger partial charge in [-0.3, -0.25) is 9.59 Å². The minimum Gasteiger partial charge on any atom is -0.322 e. The molecule has 28 heavy (non-hydrogen) atoms. The molecule has 0 aliphatic rings. The number of aromatic amines is 1. The van der Waals surface area contributed by atoms with Crippen LogP contribution in [0.1, 0.15) is 21.5 Å². The largest absolute Gasteiger partial charge is 0.322 e. The number of aromatic nitrogens is 1. The third-order valence-corrected chi connectivity index (χ3v) is 4.74. The maximum atomic E-state index is 13.4. The predicted octanol–water partition coefficient (Wildman–Crippen LogP) is 4.68. The number of carbonyl (C=O) groups is 1. The Morgan fingerprint density at radius 3 is 2.43 bits per heavy atom. The first-order chi connectivity index (χ1) is 13.6. The Kier molecular flexibility index (Phi) is 4.77. The standard InChI is InChI=1S/C24H20N2O2/c1-17-8-7-9-18(14-17)24(28)26(20-10-3-2-4-11-20)16-19-15-23(27)25-22-13-6-5-12-21(19)22/h2-15H,16H2,1H3,(H,25,27). The Morgan fingerprint density at radius 2 is 1.64 bits per heavy atom. The number of fused-ring (bicyclic) bond motifs is 1. The predicted molar refractivity (Wildman–Crippen MR) is 113 cm³/mol. The summed E-state index contributed by atoms with van der Waals surface area (Å²) in [5, 5.41) is 0.931. The van der Waals surface area contributed by atoms with Crippen LogP contribution in [-0.4, -0.2) is 10.9 Å². The van der Waals surface area contributed by atoms with Crippen LogP contribution in [0.5, 0.6) is 0 Å². The van der Waals surface area contributed by atoms with E-state index < -0.39 is 0 Å². The Morgan fingerprint density at radius 1 is 0.893 bits per heavy atom. The molecule has 0 saturated carbocycles. The molecule has 0 radical (unpaired) electrons. The van der Waals surface area contributed by atoms with Crippen LogP contribution in [0, 0.1) is 6.92 Å². The average Bonchev–Trinajstić information content (AvgIpc) is 2.72. The summed E-state index contributed by atoms with van der Waals surface area (Å²) in [5.74, 6) is -0.0979. The summed E-state index contributed by atoms with van der Waals surface area (Å²) in [4.78, 5) is 30.1. The summed E-state index contributed by atoms with van der Waals surface area (Å²) in [5.41, 5.74) is 3.84. The first-order valence-electron chi connectivity index (χ1n) is 9.16. The third kappa shape index (κ3) is 3.58. The molecule has 0 fully saturated rings. The van der Waals surface area contributed by atoms with Crippen LogP contribution in [0.4, 0.5) is 5.69 Å². The van der Waals surface area contributed by atoms with E-state index in [0.29, 0.717) is 12.1 Å². The van der Waals surface area contributed by atoms with Crippen molar-refractivity contribution in [3.8, 4) is 0 Å². The summed E-state index contributed by atoms with van der Waals surface area (Å²) in [6.45, 7) is 2.27. The number of H-pyrrole nitrogens is 1. The quantitative estimate of drug-likeness (QED) is 0.568. The van der Waals surface area contributed by atoms with E-state index in [2.05, 4.69) is 4.98 Å². The number of nitrogens with one attached hydrogen (secondary N) is 1. The van der Waals surface area contributed by atoms with Crippen molar-refractivity contribution in [2.24, 2.45) is 0 Å². The molecule has 4 rings (SSSR count). The second kappa shape index (κ2) is 7.53. The summed E-state index contributed by atoms with van der Waals surface area (Å²) >= 11 is 0. The lowest BCUT2D eigenvalue weighted by Crippen LogP contribution is -2.31. The van der Waals surface area contributed by atoms with E-state index in [1.807, 2.05) is 85.8 Å². The first-order valence-corrected chi connectivity index (χ1v) is 9.16. The lowest BCUT2D eigenvalue weighted by atomic mass is 10.1. The van der Waals surface area contributed by atoms with Crippen LogP contribution in [0.15, 0.2) is 89.7 Å². The molecule has 4 nitrogen and oxygen atoms in total. The number of anilines is 1. The molecule has 1 amide bonds. The average molecular weight is 368 g/mol. The van der Waals surface area contributed by atoms with Crippen LogP contribution < -0.4 is 10.5 Å². The molecule has 0 spiro atoms. The van der Waals surface area contributed by atoms with Gasteiger partial charge >= 0.3 is 0 Å². The zero-order valence-corrected chi connectivity index (χ0v) is 15.6. The molecule has 4 aromatic rings. The fourth-order valence-corrected chi connectivity index (χ4v) is 3.40. The van der Waals surface area contributed by atoms with Crippen molar-refractivity contribution >= 4 is 22.5 Å². The molecule has 4 heteroatoms. The second-order valence-electron chi connectivity index (χ2n) is 6.80. The highest BCUT2D eigenvalue weighted by molar-refractivity contribution is 6.06. The van der Waals surface area contributed by atoms with E-state index in [1.54, 1.807) is 11.0 Å². The van der Waals surface area contributed by atoms with E-state index in [4.69, 9.17) is 0 Å². The molecule has 0 aliphatic carbocycles. The minimum absolute atomic E-state index is 0.0979. The number of hydrogen-bond acceptors (Lipinski definition) is 2. The van der Waals surface area contributed by atoms with Gasteiger partial charge in [0.2, 0.25) is 5.56 Å². The molecule has 0 bridgehead atoms. The van der Waals surface area contributed by atoms with Crippen molar-refractivity contribution < 1.29 is 4.79 Å². The highest BCUT2D eigenvalue weighted by Gasteiger charge is 2.19. The number of hydrogen-bond donors (Lipinski definition) is 1. The Bertz CT molecular complexity index is 1200. The highest BCUT2D eigenvalue weighted by Crippen LogP contribution is 2.23. The minimum atomic E-state index is -0.176. The molecule has 1 heterocycles. The number of pyridine rings is 1. The molecule has 0 saturated heterocycles. The molecule has 1 N–H and O–H groups in total.